The first-order chi connectivity index (χ1) is 10.6. The summed E-state index contributed by atoms with van der Waals surface area (Å²) in [5.74, 6) is -1.72. The van der Waals surface area contributed by atoms with Crippen molar-refractivity contribution >= 4 is 27.9 Å². The molecule has 1 heterocycles. The van der Waals surface area contributed by atoms with Crippen LogP contribution in [0.4, 0.5) is 0 Å². The quantitative estimate of drug-likeness (QED) is 0.430. The van der Waals surface area contributed by atoms with Crippen molar-refractivity contribution in [3.05, 3.63) is 0 Å². The molecular formula is C13H22N2O7S. The van der Waals surface area contributed by atoms with Gasteiger partial charge in [0.15, 0.2) is 11.4 Å². The number of hydrogen-bond acceptors (Lipinski definition) is 6. The maximum absolute atomic E-state index is 12.1. The molecule has 1 aliphatic rings. The van der Waals surface area contributed by atoms with Crippen LogP contribution >= 0.6 is 0 Å². The van der Waals surface area contributed by atoms with Crippen molar-refractivity contribution in [2.24, 2.45) is 0 Å². The summed E-state index contributed by atoms with van der Waals surface area (Å²) < 4.78 is 36.0. The molecule has 1 saturated heterocycles. The van der Waals surface area contributed by atoms with Crippen molar-refractivity contribution in [2.45, 2.75) is 51.2 Å². The van der Waals surface area contributed by atoms with Crippen molar-refractivity contribution in [1.29, 1.82) is 0 Å². The number of methoxy groups -OCH3 is 1. The van der Waals surface area contributed by atoms with E-state index in [9.17, 15) is 22.8 Å². The van der Waals surface area contributed by atoms with Gasteiger partial charge in [0.2, 0.25) is 5.91 Å². The highest BCUT2D eigenvalue weighted by atomic mass is 32.2. The van der Waals surface area contributed by atoms with Gasteiger partial charge in [0.1, 0.15) is 0 Å². The van der Waals surface area contributed by atoms with Crippen LogP contribution in [-0.4, -0.2) is 60.2 Å². The van der Waals surface area contributed by atoms with Gasteiger partial charge in [0.25, 0.3) is 5.91 Å². The minimum Gasteiger partial charge on any atom is -0.366 e. The molecule has 132 valence electrons. The summed E-state index contributed by atoms with van der Waals surface area (Å²) in [6.45, 7) is 2.98. The molecule has 0 aromatic carbocycles. The first-order valence-electron chi connectivity index (χ1n) is 7.24. The van der Waals surface area contributed by atoms with Crippen molar-refractivity contribution in [3.8, 4) is 0 Å². The molecule has 1 rings (SSSR count). The number of β-lactam (4-membered cyclic amide) rings is 1. The van der Waals surface area contributed by atoms with E-state index in [0.29, 0.717) is 12.8 Å². The lowest BCUT2D eigenvalue weighted by Crippen LogP contribution is -2.69. The molecule has 23 heavy (non-hydrogen) atoms. The van der Waals surface area contributed by atoms with Gasteiger partial charge in [-0.25, -0.2) is 4.31 Å². The molecule has 0 unspecified atom stereocenters. The largest absolute Gasteiger partial charge is 0.366 e. The monoisotopic (exact) mass is 350 g/mol. The third-order valence-corrected chi connectivity index (χ3v) is 4.61. The SMILES string of the molecule is CCCCC(=O)N[C@H](C)C(=O)C[C@@]1(OC)CN(S(=O)(=O)O)C1=O. The van der Waals surface area contributed by atoms with Crippen LogP contribution in [0.2, 0.25) is 0 Å². The van der Waals surface area contributed by atoms with Crippen molar-refractivity contribution in [2.75, 3.05) is 13.7 Å². The van der Waals surface area contributed by atoms with E-state index >= 15 is 0 Å². The predicted octanol–water partition coefficient (Wildman–Crippen LogP) is -0.329. The van der Waals surface area contributed by atoms with Crippen molar-refractivity contribution in [1.82, 2.24) is 9.62 Å². The van der Waals surface area contributed by atoms with Gasteiger partial charge >= 0.3 is 10.3 Å². The van der Waals surface area contributed by atoms with Crippen LogP contribution in [0, 0.1) is 0 Å². The molecule has 1 aliphatic heterocycles. The summed E-state index contributed by atoms with van der Waals surface area (Å²) >= 11 is 0. The number of unbranched alkanes of at least 4 members (excludes halogenated alkanes) is 1. The summed E-state index contributed by atoms with van der Waals surface area (Å²) in [5.41, 5.74) is -1.62. The fourth-order valence-corrected chi connectivity index (χ4v) is 2.96. The third kappa shape index (κ3) is 4.49. The number of Topliss-reactive ketones (excluding diaryl/α,β-unsaturated/α-hetero) is 1. The van der Waals surface area contributed by atoms with Gasteiger partial charge in [0, 0.05) is 20.0 Å². The van der Waals surface area contributed by atoms with Gasteiger partial charge in [-0.3, -0.25) is 18.9 Å². The Kier molecular flexibility index (Phi) is 6.25. The Morgan fingerprint density at radius 3 is 2.52 bits per heavy atom. The molecule has 2 atom stereocenters. The highest BCUT2D eigenvalue weighted by Crippen LogP contribution is 2.32. The van der Waals surface area contributed by atoms with Crippen LogP contribution in [0.25, 0.3) is 0 Å². The topological polar surface area (TPSA) is 130 Å². The molecule has 0 aromatic heterocycles. The Labute approximate surface area is 135 Å². The van der Waals surface area contributed by atoms with Gasteiger partial charge in [0.05, 0.1) is 12.6 Å². The molecule has 0 aromatic rings. The number of rotatable bonds is 9. The van der Waals surface area contributed by atoms with Gasteiger partial charge in [-0.1, -0.05) is 13.3 Å². The van der Waals surface area contributed by atoms with Crippen LogP contribution in [0.1, 0.15) is 39.5 Å². The average molecular weight is 350 g/mol. The maximum Gasteiger partial charge on any atom is 0.362 e. The molecule has 1 fully saturated rings. The lowest BCUT2D eigenvalue weighted by Gasteiger charge is -2.44. The summed E-state index contributed by atoms with van der Waals surface area (Å²) in [5, 5.41) is 2.53. The maximum atomic E-state index is 12.1. The molecule has 0 bridgehead atoms. The van der Waals surface area contributed by atoms with Crippen LogP contribution in [0.3, 0.4) is 0 Å². The fourth-order valence-electron chi connectivity index (χ4n) is 2.22. The molecule has 0 aliphatic carbocycles. The highest BCUT2D eigenvalue weighted by molar-refractivity contribution is 7.84. The zero-order chi connectivity index (χ0) is 17.8. The first kappa shape index (κ1) is 19.5. The minimum atomic E-state index is -4.66. The number of carbonyl (C=O) groups is 3. The molecule has 0 radical (unpaired) electrons. The number of hydrogen-bond donors (Lipinski definition) is 2. The van der Waals surface area contributed by atoms with Crippen molar-refractivity contribution in [3.63, 3.8) is 0 Å². The van der Waals surface area contributed by atoms with E-state index in [0.717, 1.165) is 6.42 Å². The molecule has 0 spiro atoms. The average Bonchev–Trinajstić information content (AvgIpc) is 2.46. The highest BCUT2D eigenvalue weighted by Gasteiger charge is 2.58. The van der Waals surface area contributed by atoms with E-state index in [1.807, 2.05) is 6.92 Å². The second-order valence-electron chi connectivity index (χ2n) is 5.52. The Hall–Kier alpha value is -1.52. The molecule has 9 nitrogen and oxygen atoms in total. The summed E-state index contributed by atoms with van der Waals surface area (Å²) in [7, 11) is -3.48. The third-order valence-electron chi connectivity index (χ3n) is 3.76. The Bertz CT molecular complexity index is 589. The van der Waals surface area contributed by atoms with Crippen LogP contribution in [-0.2, 0) is 29.4 Å². The zero-order valence-electron chi connectivity index (χ0n) is 13.4. The fraction of sp³-hybridized carbons (Fsp3) is 0.769. The van der Waals surface area contributed by atoms with E-state index in [-0.39, 0.29) is 16.6 Å². The van der Waals surface area contributed by atoms with Gasteiger partial charge in [-0.2, -0.15) is 8.42 Å². The number of ketones is 1. The van der Waals surface area contributed by atoms with E-state index < -0.39 is 40.2 Å². The lowest BCUT2D eigenvalue weighted by molar-refractivity contribution is -0.174. The van der Waals surface area contributed by atoms with E-state index in [4.69, 9.17) is 9.29 Å². The predicted molar refractivity (Wildman–Crippen MR) is 79.8 cm³/mol. The van der Waals surface area contributed by atoms with Gasteiger partial charge in [-0.15, -0.1) is 0 Å². The van der Waals surface area contributed by atoms with Crippen molar-refractivity contribution < 1.29 is 32.1 Å². The zero-order valence-corrected chi connectivity index (χ0v) is 14.2. The van der Waals surface area contributed by atoms with Crippen LogP contribution in [0.5, 0.6) is 0 Å². The smallest absolute Gasteiger partial charge is 0.362 e. The second kappa shape index (κ2) is 7.37. The van der Waals surface area contributed by atoms with Gasteiger partial charge < -0.3 is 10.1 Å². The molecule has 0 saturated carbocycles. The Morgan fingerprint density at radius 2 is 2.09 bits per heavy atom. The summed E-state index contributed by atoms with van der Waals surface area (Å²) in [6, 6.07) is -0.820. The molecular weight excluding hydrogens is 328 g/mol. The van der Waals surface area contributed by atoms with E-state index in [1.165, 1.54) is 14.0 Å². The molecule has 2 N–H and O–H groups in total. The lowest BCUT2D eigenvalue weighted by atomic mass is 9.87. The van der Waals surface area contributed by atoms with Gasteiger partial charge in [-0.05, 0) is 13.3 Å². The summed E-state index contributed by atoms with van der Waals surface area (Å²) in [6.07, 6.45) is 1.47. The van der Waals surface area contributed by atoms with E-state index in [1.54, 1.807) is 0 Å². The van der Waals surface area contributed by atoms with Crippen LogP contribution in [0.15, 0.2) is 0 Å². The normalized spacial score (nSPS) is 22.4. The number of carbonyl (C=O) groups excluding carboxylic acids is 3. The van der Waals surface area contributed by atoms with E-state index in [2.05, 4.69) is 5.32 Å². The van der Waals surface area contributed by atoms with Crippen LogP contribution < -0.4 is 5.32 Å². The molecule has 10 heteroatoms. The number of amides is 2. The summed E-state index contributed by atoms with van der Waals surface area (Å²) in [4.78, 5) is 35.7. The number of nitrogens with zero attached hydrogens (tertiary/aromatic N) is 1. The Balaban J connectivity index is 2.65. The number of nitrogens with one attached hydrogen (secondary N) is 1. The minimum absolute atomic E-state index is 0.230. The Morgan fingerprint density at radius 1 is 1.48 bits per heavy atom. The second-order valence-corrected chi connectivity index (χ2v) is 6.86. The number of ether oxygens (including phenoxy) is 1. The first-order valence-corrected chi connectivity index (χ1v) is 8.64. The molecule has 2 amide bonds. The standard InChI is InChI=1S/C13H22N2O7S/c1-4-5-6-11(17)14-9(2)10(16)7-13(22-3)8-15(12(13)18)23(19,20)21/h9H,4-8H2,1-3H3,(H,14,17)(H,19,20,21)/t9-,13-/m1/s1.